The lowest BCUT2D eigenvalue weighted by molar-refractivity contribution is -0.384. The number of benzene rings is 1. The van der Waals surface area contributed by atoms with Crippen molar-refractivity contribution < 1.29 is 14.2 Å². The summed E-state index contributed by atoms with van der Waals surface area (Å²) in [5, 5.41) is 19.5. The third-order valence-corrected chi connectivity index (χ3v) is 2.40. The first-order chi connectivity index (χ1) is 9.54. The molecular formula is C12H12N4O4. The number of hydrogen-bond donors (Lipinski definition) is 2. The fraction of sp³-hybridized carbons (Fsp3) is 0.167. The van der Waals surface area contributed by atoms with Crippen LogP contribution in [0.5, 0.6) is 0 Å². The molecule has 2 aromatic rings. The largest absolute Gasteiger partial charge is 0.376 e. The van der Waals surface area contributed by atoms with Gasteiger partial charge in [-0.15, -0.1) is 0 Å². The van der Waals surface area contributed by atoms with E-state index in [1.165, 1.54) is 18.2 Å². The zero-order chi connectivity index (χ0) is 14.5. The van der Waals surface area contributed by atoms with Crippen molar-refractivity contribution in [1.29, 1.82) is 0 Å². The number of carbonyl (C=O) groups excluding carboxylic acids is 1. The molecule has 0 saturated heterocycles. The minimum Gasteiger partial charge on any atom is -0.376 e. The van der Waals surface area contributed by atoms with Crippen LogP contribution in [0.3, 0.4) is 0 Å². The van der Waals surface area contributed by atoms with Crippen LogP contribution in [0.1, 0.15) is 5.69 Å². The van der Waals surface area contributed by atoms with Crippen LogP contribution in [-0.4, -0.2) is 22.5 Å². The fourth-order valence-electron chi connectivity index (χ4n) is 1.52. The number of amides is 1. The lowest BCUT2D eigenvalue weighted by Crippen LogP contribution is -2.21. The Bertz CT molecular complexity index is 638. The second-order valence-electron chi connectivity index (χ2n) is 4.04. The first-order valence-corrected chi connectivity index (χ1v) is 5.76. The van der Waals surface area contributed by atoms with E-state index in [9.17, 15) is 14.9 Å². The van der Waals surface area contributed by atoms with E-state index in [0.717, 1.165) is 0 Å². The SMILES string of the molecule is Cc1cc(NC(=O)CNc2cccc([N+](=O)[O-])c2)on1. The highest BCUT2D eigenvalue weighted by Gasteiger charge is 2.08. The molecule has 0 aliphatic rings. The molecule has 1 aromatic carbocycles. The lowest BCUT2D eigenvalue weighted by atomic mass is 10.3. The molecule has 0 atom stereocenters. The zero-order valence-electron chi connectivity index (χ0n) is 10.6. The molecule has 104 valence electrons. The van der Waals surface area contributed by atoms with Crippen LogP contribution in [0.25, 0.3) is 0 Å². The van der Waals surface area contributed by atoms with Crippen molar-refractivity contribution in [3.63, 3.8) is 0 Å². The summed E-state index contributed by atoms with van der Waals surface area (Å²) in [4.78, 5) is 21.7. The van der Waals surface area contributed by atoms with Crippen LogP contribution >= 0.6 is 0 Å². The lowest BCUT2D eigenvalue weighted by Gasteiger charge is -2.05. The quantitative estimate of drug-likeness (QED) is 0.637. The van der Waals surface area contributed by atoms with Crippen LogP contribution in [0.15, 0.2) is 34.9 Å². The minimum absolute atomic E-state index is 0.0405. The number of carbonyl (C=O) groups is 1. The first-order valence-electron chi connectivity index (χ1n) is 5.76. The normalized spacial score (nSPS) is 10.1. The van der Waals surface area contributed by atoms with Crippen LogP contribution < -0.4 is 10.6 Å². The molecule has 8 nitrogen and oxygen atoms in total. The summed E-state index contributed by atoms with van der Waals surface area (Å²) in [6.07, 6.45) is 0. The number of anilines is 2. The van der Waals surface area contributed by atoms with Crippen LogP contribution in [0.4, 0.5) is 17.3 Å². The first kappa shape index (κ1) is 13.5. The van der Waals surface area contributed by atoms with Crippen molar-refractivity contribution in [2.75, 3.05) is 17.2 Å². The van der Waals surface area contributed by atoms with Crippen molar-refractivity contribution in [3.05, 3.63) is 46.1 Å². The summed E-state index contributed by atoms with van der Waals surface area (Å²) >= 11 is 0. The van der Waals surface area contributed by atoms with E-state index in [1.807, 2.05) is 0 Å². The number of nitrogens with one attached hydrogen (secondary N) is 2. The topological polar surface area (TPSA) is 110 Å². The van der Waals surface area contributed by atoms with Gasteiger partial charge in [0.15, 0.2) is 0 Å². The molecule has 1 aromatic heterocycles. The summed E-state index contributed by atoms with van der Waals surface area (Å²) in [6.45, 7) is 1.70. The number of nitrogens with zero attached hydrogens (tertiary/aromatic N) is 2. The van der Waals surface area contributed by atoms with Crippen molar-refractivity contribution in [1.82, 2.24) is 5.16 Å². The maximum Gasteiger partial charge on any atom is 0.271 e. The zero-order valence-corrected chi connectivity index (χ0v) is 10.6. The van der Waals surface area contributed by atoms with Crippen molar-refractivity contribution in [3.8, 4) is 0 Å². The summed E-state index contributed by atoms with van der Waals surface area (Å²) in [5.74, 6) is -0.0824. The molecule has 1 heterocycles. The summed E-state index contributed by atoms with van der Waals surface area (Å²) in [6, 6.07) is 7.50. The van der Waals surface area contributed by atoms with Crippen LogP contribution in [0.2, 0.25) is 0 Å². The molecule has 2 rings (SSSR count). The number of aromatic nitrogens is 1. The average molecular weight is 276 g/mol. The number of nitro benzene ring substituents is 1. The molecule has 0 unspecified atom stereocenters. The van der Waals surface area contributed by atoms with Gasteiger partial charge in [-0.25, -0.2) is 0 Å². The molecule has 1 amide bonds. The van der Waals surface area contributed by atoms with Crippen molar-refractivity contribution >= 4 is 23.2 Å². The van der Waals surface area contributed by atoms with E-state index < -0.39 is 4.92 Å². The Morgan fingerprint density at radius 1 is 1.45 bits per heavy atom. The number of hydrogen-bond acceptors (Lipinski definition) is 6. The van der Waals surface area contributed by atoms with Gasteiger partial charge < -0.3 is 9.84 Å². The molecule has 0 aliphatic heterocycles. The Kier molecular flexibility index (Phi) is 3.94. The second kappa shape index (κ2) is 5.83. The van der Waals surface area contributed by atoms with E-state index in [1.54, 1.807) is 19.1 Å². The monoisotopic (exact) mass is 276 g/mol. The van der Waals surface area contributed by atoms with Gasteiger partial charge in [0.25, 0.3) is 5.69 Å². The highest BCUT2D eigenvalue weighted by molar-refractivity contribution is 5.92. The molecule has 0 fully saturated rings. The van der Waals surface area contributed by atoms with Crippen molar-refractivity contribution in [2.24, 2.45) is 0 Å². The molecular weight excluding hydrogens is 264 g/mol. The molecule has 0 saturated carbocycles. The van der Waals surface area contributed by atoms with Gasteiger partial charge in [0.05, 0.1) is 17.2 Å². The smallest absolute Gasteiger partial charge is 0.271 e. The Morgan fingerprint density at radius 3 is 2.90 bits per heavy atom. The fourth-order valence-corrected chi connectivity index (χ4v) is 1.52. The van der Waals surface area contributed by atoms with Gasteiger partial charge in [0, 0.05) is 23.9 Å². The minimum atomic E-state index is -0.497. The van der Waals surface area contributed by atoms with Gasteiger partial charge in [0.2, 0.25) is 11.8 Å². The van der Waals surface area contributed by atoms with Gasteiger partial charge in [-0.3, -0.25) is 20.2 Å². The van der Waals surface area contributed by atoms with Gasteiger partial charge in [-0.1, -0.05) is 11.2 Å². The number of nitro groups is 1. The van der Waals surface area contributed by atoms with Gasteiger partial charge in [0.1, 0.15) is 0 Å². The van der Waals surface area contributed by atoms with Crippen LogP contribution in [0, 0.1) is 17.0 Å². The Hall–Kier alpha value is -2.90. The molecule has 8 heteroatoms. The maximum atomic E-state index is 11.6. The molecule has 0 radical (unpaired) electrons. The Morgan fingerprint density at radius 2 is 2.25 bits per heavy atom. The van der Waals surface area contributed by atoms with E-state index in [4.69, 9.17) is 4.52 Å². The highest BCUT2D eigenvalue weighted by Crippen LogP contribution is 2.16. The second-order valence-corrected chi connectivity index (χ2v) is 4.04. The molecule has 0 spiro atoms. The summed E-state index contributed by atoms with van der Waals surface area (Å²) in [5.41, 5.74) is 1.11. The molecule has 20 heavy (non-hydrogen) atoms. The number of non-ortho nitro benzene ring substituents is 1. The van der Waals surface area contributed by atoms with E-state index in [-0.39, 0.29) is 24.0 Å². The predicted molar refractivity (Wildman–Crippen MR) is 71.5 cm³/mol. The summed E-state index contributed by atoms with van der Waals surface area (Å²) in [7, 11) is 0. The highest BCUT2D eigenvalue weighted by atomic mass is 16.6. The van der Waals surface area contributed by atoms with Gasteiger partial charge >= 0.3 is 0 Å². The molecule has 2 N–H and O–H groups in total. The van der Waals surface area contributed by atoms with E-state index >= 15 is 0 Å². The molecule has 0 aliphatic carbocycles. The molecule has 0 bridgehead atoms. The van der Waals surface area contributed by atoms with E-state index in [0.29, 0.717) is 11.4 Å². The Balaban J connectivity index is 1.90. The summed E-state index contributed by atoms with van der Waals surface area (Å²) < 4.78 is 4.84. The predicted octanol–water partition coefficient (Wildman–Crippen LogP) is 1.94. The standard InChI is InChI=1S/C12H12N4O4/c1-8-5-12(20-15-8)14-11(17)7-13-9-3-2-4-10(6-9)16(18)19/h2-6,13H,7H2,1H3,(H,14,17). The van der Waals surface area contributed by atoms with E-state index in [2.05, 4.69) is 15.8 Å². The number of rotatable bonds is 5. The van der Waals surface area contributed by atoms with Gasteiger partial charge in [-0.05, 0) is 13.0 Å². The third-order valence-electron chi connectivity index (χ3n) is 2.40. The van der Waals surface area contributed by atoms with Gasteiger partial charge in [-0.2, -0.15) is 0 Å². The number of aryl methyl sites for hydroxylation is 1. The van der Waals surface area contributed by atoms with Crippen molar-refractivity contribution in [2.45, 2.75) is 6.92 Å². The van der Waals surface area contributed by atoms with Crippen LogP contribution in [-0.2, 0) is 4.79 Å². The average Bonchev–Trinajstić information content (AvgIpc) is 2.82. The third kappa shape index (κ3) is 3.55. The maximum absolute atomic E-state index is 11.6. The Labute approximate surface area is 113 Å².